The van der Waals surface area contributed by atoms with Crippen molar-refractivity contribution in [2.75, 3.05) is 7.11 Å². The van der Waals surface area contributed by atoms with Gasteiger partial charge in [-0.3, -0.25) is 0 Å². The first-order chi connectivity index (χ1) is 7.13. The Morgan fingerprint density at radius 1 is 1.33 bits per heavy atom. The highest BCUT2D eigenvalue weighted by atomic mass is 32.2. The van der Waals surface area contributed by atoms with Crippen molar-refractivity contribution in [3.63, 3.8) is 0 Å². The van der Waals surface area contributed by atoms with Crippen LogP contribution in [0.25, 0.3) is 0 Å². The van der Waals surface area contributed by atoms with Crippen molar-refractivity contribution in [3.8, 4) is 5.75 Å². The van der Waals surface area contributed by atoms with Crippen molar-refractivity contribution < 1.29 is 4.74 Å². The highest BCUT2D eigenvalue weighted by Gasteiger charge is 2.29. The molecule has 0 radical (unpaired) electrons. The molecule has 1 aromatic carbocycles. The summed E-state index contributed by atoms with van der Waals surface area (Å²) < 4.78 is 5.22. The molecule has 1 aliphatic heterocycles. The largest absolute Gasteiger partial charge is 0.497 e. The van der Waals surface area contributed by atoms with Gasteiger partial charge in [0.1, 0.15) is 5.75 Å². The Bertz CT molecular complexity index is 367. The molecule has 2 nitrogen and oxygen atoms in total. The monoisotopic (exact) mass is 223 g/mol. The summed E-state index contributed by atoms with van der Waals surface area (Å²) in [7, 11) is 1.70. The molecule has 1 heterocycles. The molecular weight excluding hydrogens is 206 g/mol. The third-order valence-corrected chi connectivity index (χ3v) is 4.61. The van der Waals surface area contributed by atoms with Crippen molar-refractivity contribution in [1.29, 1.82) is 0 Å². The number of hydrogen-bond donors (Lipinski definition) is 1. The maximum Gasteiger partial charge on any atom is 0.119 e. The Balaban J connectivity index is 2.41. The van der Waals surface area contributed by atoms with E-state index in [1.54, 1.807) is 7.11 Å². The average molecular weight is 223 g/mol. The van der Waals surface area contributed by atoms with Crippen molar-refractivity contribution in [3.05, 3.63) is 23.8 Å². The van der Waals surface area contributed by atoms with Gasteiger partial charge in [-0.15, -0.1) is 11.8 Å². The molecule has 3 unspecified atom stereocenters. The minimum Gasteiger partial charge on any atom is -0.497 e. The molecule has 3 heteroatoms. The Kier molecular flexibility index (Phi) is 2.94. The van der Waals surface area contributed by atoms with Crippen molar-refractivity contribution in [1.82, 2.24) is 0 Å². The first-order valence-corrected chi connectivity index (χ1v) is 6.11. The normalized spacial score (nSPS) is 29.7. The number of benzene rings is 1. The van der Waals surface area contributed by atoms with Crippen LogP contribution in [0.15, 0.2) is 23.1 Å². The van der Waals surface area contributed by atoms with Crippen LogP contribution in [-0.2, 0) is 0 Å². The number of methoxy groups -OCH3 is 1. The summed E-state index contributed by atoms with van der Waals surface area (Å²) in [5.74, 6) is 1.44. The molecule has 2 N–H and O–H groups in total. The molecule has 0 saturated heterocycles. The van der Waals surface area contributed by atoms with Gasteiger partial charge in [-0.25, -0.2) is 0 Å². The lowest BCUT2D eigenvalue weighted by Gasteiger charge is -2.33. The Labute approximate surface area is 95.2 Å². The third-order valence-electron chi connectivity index (χ3n) is 3.20. The summed E-state index contributed by atoms with van der Waals surface area (Å²) in [6.45, 7) is 4.45. The van der Waals surface area contributed by atoms with Gasteiger partial charge in [0.25, 0.3) is 0 Å². The molecule has 15 heavy (non-hydrogen) atoms. The molecule has 0 aromatic heterocycles. The van der Waals surface area contributed by atoms with Crippen molar-refractivity contribution in [2.24, 2.45) is 11.7 Å². The van der Waals surface area contributed by atoms with E-state index in [1.807, 2.05) is 17.8 Å². The molecule has 82 valence electrons. The van der Waals surface area contributed by atoms with Gasteiger partial charge in [0, 0.05) is 16.2 Å². The molecule has 3 atom stereocenters. The Morgan fingerprint density at radius 2 is 2.07 bits per heavy atom. The van der Waals surface area contributed by atoms with Crippen molar-refractivity contribution in [2.45, 2.75) is 30.0 Å². The molecule has 0 amide bonds. The zero-order valence-corrected chi connectivity index (χ0v) is 10.2. The van der Waals surface area contributed by atoms with E-state index in [0.29, 0.717) is 11.2 Å². The Hall–Kier alpha value is -0.670. The number of ether oxygens (including phenoxy) is 1. The SMILES string of the molecule is COc1ccc2c(c1)SC(C)C(C)C2N. The number of thioether (sulfide) groups is 1. The van der Waals surface area contributed by atoms with E-state index in [2.05, 4.69) is 26.0 Å². The average Bonchev–Trinajstić information content (AvgIpc) is 2.25. The molecule has 0 spiro atoms. The lowest BCUT2D eigenvalue weighted by Crippen LogP contribution is -2.29. The van der Waals surface area contributed by atoms with E-state index < -0.39 is 0 Å². The van der Waals surface area contributed by atoms with E-state index in [0.717, 1.165) is 5.75 Å². The Morgan fingerprint density at radius 3 is 2.73 bits per heavy atom. The van der Waals surface area contributed by atoms with E-state index in [-0.39, 0.29) is 6.04 Å². The summed E-state index contributed by atoms with van der Waals surface area (Å²) in [5, 5.41) is 0.569. The standard InChI is InChI=1S/C12H17NOS/c1-7-8(2)15-11-6-9(14-3)4-5-10(11)12(7)13/h4-8,12H,13H2,1-3H3. The fraction of sp³-hybridized carbons (Fsp3) is 0.500. The molecule has 1 aliphatic rings. The second-order valence-corrected chi connectivity index (χ2v) is 5.53. The van der Waals surface area contributed by atoms with Crippen LogP contribution >= 0.6 is 11.8 Å². The lowest BCUT2D eigenvalue weighted by atomic mass is 9.92. The molecule has 2 rings (SSSR count). The van der Waals surface area contributed by atoms with Crippen LogP contribution in [0.2, 0.25) is 0 Å². The van der Waals surface area contributed by atoms with E-state index in [9.17, 15) is 0 Å². The van der Waals surface area contributed by atoms with Gasteiger partial charge in [0.2, 0.25) is 0 Å². The predicted molar refractivity (Wildman–Crippen MR) is 64.4 cm³/mol. The number of nitrogens with two attached hydrogens (primary N) is 1. The highest BCUT2D eigenvalue weighted by molar-refractivity contribution is 8.00. The van der Waals surface area contributed by atoms with Gasteiger partial charge in [0.05, 0.1) is 7.11 Å². The summed E-state index contributed by atoms with van der Waals surface area (Å²) in [6, 6.07) is 6.32. The summed E-state index contributed by atoms with van der Waals surface area (Å²) >= 11 is 1.89. The van der Waals surface area contributed by atoms with Crippen molar-refractivity contribution >= 4 is 11.8 Å². The van der Waals surface area contributed by atoms with E-state index >= 15 is 0 Å². The van der Waals surface area contributed by atoms with Crippen LogP contribution in [0, 0.1) is 5.92 Å². The second kappa shape index (κ2) is 4.06. The maximum atomic E-state index is 6.22. The first kappa shape index (κ1) is 10.8. The minimum atomic E-state index is 0.155. The topological polar surface area (TPSA) is 35.2 Å². The summed E-state index contributed by atoms with van der Waals surface area (Å²) in [5.41, 5.74) is 7.47. The van der Waals surface area contributed by atoms with Crippen LogP contribution in [-0.4, -0.2) is 12.4 Å². The van der Waals surface area contributed by atoms with Crippen LogP contribution in [0.3, 0.4) is 0 Å². The number of hydrogen-bond acceptors (Lipinski definition) is 3. The predicted octanol–water partition coefficient (Wildman–Crippen LogP) is 2.83. The molecule has 0 aliphatic carbocycles. The van der Waals surface area contributed by atoms with Crippen LogP contribution in [0.1, 0.15) is 25.5 Å². The smallest absolute Gasteiger partial charge is 0.119 e. The van der Waals surface area contributed by atoms with Gasteiger partial charge in [-0.05, 0) is 23.6 Å². The van der Waals surface area contributed by atoms with Crippen LogP contribution < -0.4 is 10.5 Å². The lowest BCUT2D eigenvalue weighted by molar-refractivity contribution is 0.410. The summed E-state index contributed by atoms with van der Waals surface area (Å²) in [6.07, 6.45) is 0. The maximum absolute atomic E-state index is 6.22. The third kappa shape index (κ3) is 1.86. The van der Waals surface area contributed by atoms with E-state index in [4.69, 9.17) is 10.5 Å². The minimum absolute atomic E-state index is 0.155. The fourth-order valence-electron chi connectivity index (χ4n) is 1.90. The molecule has 0 bridgehead atoms. The van der Waals surface area contributed by atoms with Crippen LogP contribution in [0.4, 0.5) is 0 Å². The zero-order valence-electron chi connectivity index (χ0n) is 9.36. The number of fused-ring (bicyclic) bond motifs is 1. The molecular formula is C12H17NOS. The highest BCUT2D eigenvalue weighted by Crippen LogP contribution is 2.44. The van der Waals surface area contributed by atoms with Gasteiger partial charge < -0.3 is 10.5 Å². The van der Waals surface area contributed by atoms with E-state index in [1.165, 1.54) is 10.5 Å². The van der Waals surface area contributed by atoms with Crippen LogP contribution in [0.5, 0.6) is 5.75 Å². The molecule has 0 fully saturated rings. The molecule has 1 aromatic rings. The molecule has 0 saturated carbocycles. The first-order valence-electron chi connectivity index (χ1n) is 5.23. The van der Waals surface area contributed by atoms with Gasteiger partial charge >= 0.3 is 0 Å². The quantitative estimate of drug-likeness (QED) is 0.795. The number of rotatable bonds is 1. The van der Waals surface area contributed by atoms with Gasteiger partial charge in [-0.2, -0.15) is 0 Å². The van der Waals surface area contributed by atoms with Gasteiger partial charge in [-0.1, -0.05) is 19.9 Å². The second-order valence-electron chi connectivity index (χ2n) is 4.11. The fourth-order valence-corrected chi connectivity index (χ4v) is 3.21. The zero-order chi connectivity index (χ0) is 11.0. The van der Waals surface area contributed by atoms with Gasteiger partial charge in [0.15, 0.2) is 0 Å². The summed E-state index contributed by atoms with van der Waals surface area (Å²) in [4.78, 5) is 1.27.